The third kappa shape index (κ3) is 0.990. The first-order chi connectivity index (χ1) is 8.34. The van der Waals surface area contributed by atoms with Crippen LogP contribution in [0.25, 0.3) is 27.3 Å². The quantitative estimate of drug-likeness (QED) is 0.499. The Morgan fingerprint density at radius 1 is 1.12 bits per heavy atom. The normalized spacial score (nSPS) is 11.8. The summed E-state index contributed by atoms with van der Waals surface area (Å²) in [4.78, 5) is 14.7. The third-order valence-electron chi connectivity index (χ3n) is 3.12. The maximum absolute atomic E-state index is 11.4. The van der Waals surface area contributed by atoms with Crippen molar-refractivity contribution in [3.8, 4) is 0 Å². The zero-order valence-corrected chi connectivity index (χ0v) is 8.81. The van der Waals surface area contributed by atoms with Gasteiger partial charge in [-0.1, -0.05) is 18.2 Å². The summed E-state index contributed by atoms with van der Waals surface area (Å²) in [6.07, 6.45) is 3.23. The van der Waals surface area contributed by atoms with Crippen LogP contribution in [0.2, 0.25) is 0 Å². The number of hydrogen-bond donors (Lipinski definition) is 1. The second-order valence-corrected chi connectivity index (χ2v) is 4.03. The second kappa shape index (κ2) is 2.79. The molecule has 0 bridgehead atoms. The molecule has 1 aromatic carbocycles. The standard InChI is InChI=1S/C13H8N2O2/c16-13-15-6-5-9-8-3-1-2-4-10(8)14-12(9)11(15)7-17-13/h1-7,14H. The molecule has 3 heterocycles. The van der Waals surface area contributed by atoms with Crippen molar-refractivity contribution >= 4 is 27.3 Å². The fraction of sp³-hybridized carbons (Fsp3) is 0. The first-order valence-electron chi connectivity index (χ1n) is 5.34. The Kier molecular flexibility index (Phi) is 1.42. The van der Waals surface area contributed by atoms with Crippen LogP contribution in [0.15, 0.2) is 52.0 Å². The maximum Gasteiger partial charge on any atom is 0.423 e. The van der Waals surface area contributed by atoms with Gasteiger partial charge in [-0.15, -0.1) is 0 Å². The van der Waals surface area contributed by atoms with Crippen molar-refractivity contribution in [2.45, 2.75) is 0 Å². The summed E-state index contributed by atoms with van der Waals surface area (Å²) in [6, 6.07) is 9.99. The zero-order chi connectivity index (χ0) is 11.4. The van der Waals surface area contributed by atoms with E-state index in [0.29, 0.717) is 0 Å². The summed E-state index contributed by atoms with van der Waals surface area (Å²) >= 11 is 0. The van der Waals surface area contributed by atoms with Gasteiger partial charge in [0.1, 0.15) is 11.8 Å². The van der Waals surface area contributed by atoms with Crippen LogP contribution in [-0.2, 0) is 0 Å². The Balaban J connectivity index is 2.38. The minimum absolute atomic E-state index is 0.361. The number of aromatic nitrogens is 2. The largest absolute Gasteiger partial charge is 0.423 e. The van der Waals surface area contributed by atoms with Crippen molar-refractivity contribution in [1.82, 2.24) is 9.38 Å². The van der Waals surface area contributed by atoms with E-state index in [1.165, 1.54) is 10.7 Å². The van der Waals surface area contributed by atoms with Crippen LogP contribution >= 0.6 is 0 Å². The van der Waals surface area contributed by atoms with Crippen LogP contribution < -0.4 is 5.76 Å². The summed E-state index contributed by atoms with van der Waals surface area (Å²) < 4.78 is 6.40. The number of oxazole rings is 1. The minimum atomic E-state index is -0.361. The highest BCUT2D eigenvalue weighted by atomic mass is 16.4. The lowest BCUT2D eigenvalue weighted by Gasteiger charge is -1.93. The smallest absolute Gasteiger partial charge is 0.415 e. The van der Waals surface area contributed by atoms with E-state index in [4.69, 9.17) is 4.42 Å². The molecule has 0 radical (unpaired) electrons. The number of nitrogens with one attached hydrogen (secondary N) is 1. The predicted molar refractivity (Wildman–Crippen MR) is 65.3 cm³/mol. The lowest BCUT2D eigenvalue weighted by atomic mass is 10.2. The molecule has 17 heavy (non-hydrogen) atoms. The number of para-hydroxylation sites is 1. The van der Waals surface area contributed by atoms with Crippen molar-refractivity contribution in [3.05, 3.63) is 53.3 Å². The molecule has 0 aliphatic carbocycles. The highest BCUT2D eigenvalue weighted by Crippen LogP contribution is 2.27. The Labute approximate surface area is 95.1 Å². The van der Waals surface area contributed by atoms with E-state index in [9.17, 15) is 4.79 Å². The molecule has 0 saturated carbocycles. The molecule has 0 fully saturated rings. The van der Waals surface area contributed by atoms with E-state index in [2.05, 4.69) is 11.1 Å². The lowest BCUT2D eigenvalue weighted by molar-refractivity contribution is 0.508. The van der Waals surface area contributed by atoms with E-state index in [1.807, 2.05) is 24.3 Å². The Hall–Kier alpha value is -2.49. The van der Waals surface area contributed by atoms with Crippen molar-refractivity contribution in [1.29, 1.82) is 0 Å². The molecule has 4 aromatic rings. The SMILES string of the molecule is O=c1occ2c3[nH]c4ccccc4c3ccn12. The van der Waals surface area contributed by atoms with E-state index in [1.54, 1.807) is 6.20 Å². The number of aromatic amines is 1. The first-order valence-corrected chi connectivity index (χ1v) is 5.34. The van der Waals surface area contributed by atoms with Crippen LogP contribution in [0, 0.1) is 0 Å². The van der Waals surface area contributed by atoms with Gasteiger partial charge in [-0.3, -0.25) is 0 Å². The van der Waals surface area contributed by atoms with Gasteiger partial charge in [-0.25, -0.2) is 9.20 Å². The number of nitrogens with zero attached hydrogens (tertiary/aromatic N) is 1. The molecule has 0 aliphatic heterocycles. The van der Waals surface area contributed by atoms with Gasteiger partial charge in [0.25, 0.3) is 0 Å². The summed E-state index contributed by atoms with van der Waals surface area (Å²) in [5, 5.41) is 2.25. The minimum Gasteiger partial charge on any atom is -0.415 e. The molecule has 82 valence electrons. The molecule has 0 unspecified atom stereocenters. The van der Waals surface area contributed by atoms with E-state index < -0.39 is 0 Å². The van der Waals surface area contributed by atoms with Crippen LogP contribution in [-0.4, -0.2) is 9.38 Å². The number of H-pyrrole nitrogens is 1. The molecule has 4 heteroatoms. The lowest BCUT2D eigenvalue weighted by Crippen LogP contribution is -2.04. The second-order valence-electron chi connectivity index (χ2n) is 4.03. The molecular weight excluding hydrogens is 216 g/mol. The average molecular weight is 224 g/mol. The van der Waals surface area contributed by atoms with Crippen LogP contribution in [0.4, 0.5) is 0 Å². The molecule has 1 N–H and O–H groups in total. The Morgan fingerprint density at radius 2 is 2.00 bits per heavy atom. The Bertz CT molecular complexity index is 911. The monoisotopic (exact) mass is 224 g/mol. The molecule has 4 nitrogen and oxygen atoms in total. The van der Waals surface area contributed by atoms with E-state index in [-0.39, 0.29) is 5.76 Å². The molecule has 0 spiro atoms. The van der Waals surface area contributed by atoms with Gasteiger partial charge in [0.2, 0.25) is 0 Å². The number of benzene rings is 1. The Morgan fingerprint density at radius 3 is 2.94 bits per heavy atom. The van der Waals surface area contributed by atoms with Crippen LogP contribution in [0.3, 0.4) is 0 Å². The number of fused-ring (bicyclic) bond motifs is 5. The van der Waals surface area contributed by atoms with Gasteiger partial charge in [-0.2, -0.15) is 0 Å². The topological polar surface area (TPSA) is 50.4 Å². The summed E-state index contributed by atoms with van der Waals surface area (Å²) in [7, 11) is 0. The molecule has 0 saturated heterocycles. The van der Waals surface area contributed by atoms with Gasteiger partial charge in [0, 0.05) is 22.5 Å². The average Bonchev–Trinajstić information content (AvgIpc) is 2.90. The number of pyridine rings is 1. The molecule has 3 aromatic heterocycles. The van der Waals surface area contributed by atoms with Gasteiger partial charge in [0.05, 0.1) is 5.52 Å². The zero-order valence-electron chi connectivity index (χ0n) is 8.81. The number of hydrogen-bond acceptors (Lipinski definition) is 2. The van der Waals surface area contributed by atoms with Crippen LogP contribution in [0.1, 0.15) is 0 Å². The van der Waals surface area contributed by atoms with Gasteiger partial charge < -0.3 is 9.40 Å². The maximum atomic E-state index is 11.4. The van der Waals surface area contributed by atoms with Crippen molar-refractivity contribution in [2.75, 3.05) is 0 Å². The van der Waals surface area contributed by atoms with Crippen LogP contribution in [0.5, 0.6) is 0 Å². The van der Waals surface area contributed by atoms with Crippen molar-refractivity contribution < 1.29 is 4.42 Å². The first kappa shape index (κ1) is 8.64. The molecule has 4 rings (SSSR count). The molecule has 0 atom stereocenters. The molecule has 0 aliphatic rings. The number of rotatable bonds is 0. The fourth-order valence-electron chi connectivity index (χ4n) is 2.33. The van der Waals surface area contributed by atoms with E-state index >= 15 is 0 Å². The third-order valence-corrected chi connectivity index (χ3v) is 3.12. The molecular formula is C13H8N2O2. The van der Waals surface area contributed by atoms with Crippen molar-refractivity contribution in [2.24, 2.45) is 0 Å². The highest BCUT2D eigenvalue weighted by Gasteiger charge is 2.09. The van der Waals surface area contributed by atoms with Gasteiger partial charge in [-0.05, 0) is 12.1 Å². The van der Waals surface area contributed by atoms with Crippen molar-refractivity contribution in [3.63, 3.8) is 0 Å². The van der Waals surface area contributed by atoms with Gasteiger partial charge >= 0.3 is 5.76 Å². The highest BCUT2D eigenvalue weighted by molar-refractivity contribution is 6.11. The summed E-state index contributed by atoms with van der Waals surface area (Å²) in [5.74, 6) is -0.361. The fourth-order valence-corrected chi connectivity index (χ4v) is 2.33. The summed E-state index contributed by atoms with van der Waals surface area (Å²) in [6.45, 7) is 0. The van der Waals surface area contributed by atoms with Gasteiger partial charge in [0.15, 0.2) is 0 Å². The summed E-state index contributed by atoms with van der Waals surface area (Å²) in [5.41, 5.74) is 2.76. The molecule has 0 amide bonds. The van der Waals surface area contributed by atoms with E-state index in [0.717, 1.165) is 27.3 Å². The predicted octanol–water partition coefficient (Wildman–Crippen LogP) is 2.53.